The van der Waals surface area contributed by atoms with Crippen LogP contribution in [-0.2, 0) is 6.42 Å². The van der Waals surface area contributed by atoms with Crippen molar-refractivity contribution < 1.29 is 0 Å². The molecule has 88 valence electrons. The second-order valence-corrected chi connectivity index (χ2v) is 3.83. The number of aryl methyl sites for hydroxylation is 1. The van der Waals surface area contributed by atoms with Crippen LogP contribution in [0.15, 0.2) is 25.3 Å². The van der Waals surface area contributed by atoms with Crippen LogP contribution < -0.4 is 0 Å². The summed E-state index contributed by atoms with van der Waals surface area (Å²) in [5, 5.41) is 0. The molecule has 1 rings (SSSR count). The normalized spacial score (nSPS) is 9.00. The summed E-state index contributed by atoms with van der Waals surface area (Å²) in [4.78, 5) is 0. The van der Waals surface area contributed by atoms with E-state index in [-0.39, 0.29) is 0 Å². The molecule has 0 atom stereocenters. The Morgan fingerprint density at radius 2 is 1.62 bits per heavy atom. The van der Waals surface area contributed by atoms with Crippen LogP contribution in [0.25, 0.3) is 12.2 Å². The fourth-order valence-electron chi connectivity index (χ4n) is 1.68. The highest BCUT2D eigenvalue weighted by atomic mass is 14.1. The summed E-state index contributed by atoms with van der Waals surface area (Å²) in [7, 11) is 0. The molecule has 0 nitrogen and oxygen atoms in total. The molecule has 0 saturated heterocycles. The Balaban J connectivity index is 0.000000673. The Labute approximate surface area is 101 Å². The van der Waals surface area contributed by atoms with Gasteiger partial charge in [-0.2, -0.15) is 0 Å². The highest BCUT2D eigenvalue weighted by Crippen LogP contribution is 2.21. The molecule has 0 heteroatoms. The van der Waals surface area contributed by atoms with Gasteiger partial charge in [-0.3, -0.25) is 0 Å². The van der Waals surface area contributed by atoms with Crippen molar-refractivity contribution in [1.82, 2.24) is 0 Å². The van der Waals surface area contributed by atoms with Crippen LogP contribution in [0, 0.1) is 6.92 Å². The van der Waals surface area contributed by atoms with E-state index >= 15 is 0 Å². The summed E-state index contributed by atoms with van der Waals surface area (Å²) in [5.41, 5.74) is 5.13. The molecule has 1 aromatic carbocycles. The Morgan fingerprint density at radius 3 is 2.00 bits per heavy atom. The molecule has 0 radical (unpaired) electrons. The van der Waals surface area contributed by atoms with Gasteiger partial charge in [-0.1, -0.05) is 64.6 Å². The zero-order chi connectivity index (χ0) is 12.6. The lowest BCUT2D eigenvalue weighted by Gasteiger charge is -2.10. The van der Waals surface area contributed by atoms with Gasteiger partial charge in [0.1, 0.15) is 0 Å². The van der Waals surface area contributed by atoms with E-state index in [1.807, 2.05) is 12.2 Å². The molecule has 0 aromatic heterocycles. The highest BCUT2D eigenvalue weighted by molar-refractivity contribution is 5.67. The SMILES string of the molecule is C=Cc1ccc(C)c(CC)c1C=C.CCC. The predicted octanol–water partition coefficient (Wildman–Crippen LogP) is 5.26. The Bertz CT molecular complexity index is 345. The van der Waals surface area contributed by atoms with E-state index in [0.29, 0.717) is 0 Å². The third kappa shape index (κ3) is 3.69. The fourth-order valence-corrected chi connectivity index (χ4v) is 1.68. The van der Waals surface area contributed by atoms with E-state index < -0.39 is 0 Å². The molecule has 0 heterocycles. The third-order valence-electron chi connectivity index (χ3n) is 2.40. The first kappa shape index (κ1) is 14.7. The number of rotatable bonds is 3. The molecule has 0 aliphatic heterocycles. The van der Waals surface area contributed by atoms with Gasteiger partial charge in [-0.25, -0.2) is 0 Å². The van der Waals surface area contributed by atoms with Gasteiger partial charge in [0.15, 0.2) is 0 Å². The first-order valence-electron chi connectivity index (χ1n) is 6.03. The summed E-state index contributed by atoms with van der Waals surface area (Å²) < 4.78 is 0. The fraction of sp³-hybridized carbons (Fsp3) is 0.375. The van der Waals surface area contributed by atoms with Gasteiger partial charge in [0.25, 0.3) is 0 Å². The molecule has 0 aliphatic carbocycles. The maximum Gasteiger partial charge on any atom is -0.0155 e. The van der Waals surface area contributed by atoms with E-state index in [1.165, 1.54) is 28.7 Å². The second kappa shape index (κ2) is 7.92. The minimum atomic E-state index is 1.05. The quantitative estimate of drug-likeness (QED) is 0.646. The van der Waals surface area contributed by atoms with Crippen molar-refractivity contribution in [3.05, 3.63) is 47.5 Å². The lowest BCUT2D eigenvalue weighted by molar-refractivity contribution is 1.09. The third-order valence-corrected chi connectivity index (χ3v) is 2.40. The molecule has 1 aromatic rings. The zero-order valence-electron chi connectivity index (χ0n) is 11.1. The molecular weight excluding hydrogens is 192 g/mol. The van der Waals surface area contributed by atoms with Crippen LogP contribution in [0.3, 0.4) is 0 Å². The predicted molar refractivity (Wildman–Crippen MR) is 76.7 cm³/mol. The number of hydrogen-bond acceptors (Lipinski definition) is 0. The zero-order valence-corrected chi connectivity index (χ0v) is 11.1. The first-order valence-corrected chi connectivity index (χ1v) is 6.03. The standard InChI is InChI=1S/C13H16.C3H8/c1-5-11-9-8-10(4)12(6-2)13(11)7-3;1-3-2/h5,7-9H,1,3,6H2,2,4H3;3H2,1-2H3. The van der Waals surface area contributed by atoms with Crippen LogP contribution in [0.4, 0.5) is 0 Å². The lowest BCUT2D eigenvalue weighted by atomic mass is 9.95. The molecule has 0 bridgehead atoms. The summed E-state index contributed by atoms with van der Waals surface area (Å²) in [6.45, 7) is 16.2. The second-order valence-electron chi connectivity index (χ2n) is 3.83. The van der Waals surface area contributed by atoms with Crippen LogP contribution in [-0.4, -0.2) is 0 Å². The van der Waals surface area contributed by atoms with Crippen molar-refractivity contribution in [2.45, 2.75) is 40.5 Å². The van der Waals surface area contributed by atoms with E-state index in [9.17, 15) is 0 Å². The lowest BCUT2D eigenvalue weighted by Crippen LogP contribution is -1.93. The average Bonchev–Trinajstić information content (AvgIpc) is 2.29. The van der Waals surface area contributed by atoms with Gasteiger partial charge in [0, 0.05) is 0 Å². The van der Waals surface area contributed by atoms with Gasteiger partial charge >= 0.3 is 0 Å². The van der Waals surface area contributed by atoms with Crippen LogP contribution in [0.1, 0.15) is 49.4 Å². The summed E-state index contributed by atoms with van der Waals surface area (Å²) in [5.74, 6) is 0. The molecule has 16 heavy (non-hydrogen) atoms. The van der Waals surface area contributed by atoms with Crippen molar-refractivity contribution in [1.29, 1.82) is 0 Å². The Hall–Kier alpha value is -1.30. The van der Waals surface area contributed by atoms with Gasteiger partial charge in [-0.05, 0) is 35.6 Å². The smallest absolute Gasteiger partial charge is 0.0155 e. The molecule has 0 fully saturated rings. The topological polar surface area (TPSA) is 0 Å². The van der Waals surface area contributed by atoms with E-state index in [2.05, 4.69) is 53.0 Å². The summed E-state index contributed by atoms with van der Waals surface area (Å²) >= 11 is 0. The van der Waals surface area contributed by atoms with Crippen LogP contribution in [0.5, 0.6) is 0 Å². The number of hydrogen-bond donors (Lipinski definition) is 0. The van der Waals surface area contributed by atoms with Crippen molar-refractivity contribution >= 4 is 12.2 Å². The summed E-state index contributed by atoms with van der Waals surface area (Å²) in [6, 6.07) is 4.24. The Kier molecular flexibility index (Phi) is 7.28. The van der Waals surface area contributed by atoms with Gasteiger partial charge in [0.2, 0.25) is 0 Å². The monoisotopic (exact) mass is 216 g/mol. The first-order chi connectivity index (χ1) is 7.65. The van der Waals surface area contributed by atoms with Gasteiger partial charge < -0.3 is 0 Å². The largest absolute Gasteiger partial charge is 0.0984 e. The van der Waals surface area contributed by atoms with Crippen molar-refractivity contribution in [2.24, 2.45) is 0 Å². The summed E-state index contributed by atoms with van der Waals surface area (Å²) in [6.07, 6.45) is 6.10. The Morgan fingerprint density at radius 1 is 1.06 bits per heavy atom. The van der Waals surface area contributed by atoms with Crippen LogP contribution >= 0.6 is 0 Å². The maximum atomic E-state index is 3.84. The van der Waals surface area contributed by atoms with Crippen molar-refractivity contribution in [3.63, 3.8) is 0 Å². The minimum absolute atomic E-state index is 1.05. The number of benzene rings is 1. The minimum Gasteiger partial charge on any atom is -0.0984 e. The molecule has 0 amide bonds. The van der Waals surface area contributed by atoms with Crippen molar-refractivity contribution in [2.75, 3.05) is 0 Å². The molecule has 0 N–H and O–H groups in total. The molecule has 0 spiro atoms. The van der Waals surface area contributed by atoms with Gasteiger partial charge in [-0.15, -0.1) is 0 Å². The van der Waals surface area contributed by atoms with Crippen molar-refractivity contribution in [3.8, 4) is 0 Å². The average molecular weight is 216 g/mol. The molecule has 0 aliphatic rings. The molecule has 0 unspecified atom stereocenters. The highest BCUT2D eigenvalue weighted by Gasteiger charge is 2.04. The maximum absolute atomic E-state index is 3.84. The van der Waals surface area contributed by atoms with E-state index in [0.717, 1.165) is 6.42 Å². The van der Waals surface area contributed by atoms with Gasteiger partial charge in [0.05, 0.1) is 0 Å². The molecule has 0 saturated carbocycles. The van der Waals surface area contributed by atoms with E-state index in [1.54, 1.807) is 0 Å². The van der Waals surface area contributed by atoms with E-state index in [4.69, 9.17) is 0 Å². The van der Waals surface area contributed by atoms with Crippen LogP contribution in [0.2, 0.25) is 0 Å². The molecular formula is C16H24.